The molecule has 1 fully saturated rings. The molecule has 0 spiro atoms. The standard InChI is InChI=1S/C16H14O/c1-3-12-5-7-14(8-6-12)16-10-9-13(4-2)11-15(16)17-16/h3-11,15H,1-2H2. The maximum absolute atomic E-state index is 5.82. The molecule has 84 valence electrons. The molecule has 0 amide bonds. The highest BCUT2D eigenvalue weighted by Gasteiger charge is 2.55. The second kappa shape index (κ2) is 3.57. The van der Waals surface area contributed by atoms with Gasteiger partial charge in [-0.25, -0.2) is 0 Å². The third-order valence-corrected chi connectivity index (χ3v) is 3.39. The van der Waals surface area contributed by atoms with E-state index in [0.717, 1.165) is 11.1 Å². The number of hydrogen-bond acceptors (Lipinski definition) is 1. The highest BCUT2D eigenvalue weighted by atomic mass is 16.6. The maximum atomic E-state index is 5.82. The van der Waals surface area contributed by atoms with E-state index in [9.17, 15) is 0 Å². The van der Waals surface area contributed by atoms with Gasteiger partial charge in [-0.2, -0.15) is 0 Å². The second-order valence-corrected chi connectivity index (χ2v) is 4.36. The molecule has 1 nitrogen and oxygen atoms in total. The van der Waals surface area contributed by atoms with E-state index in [1.165, 1.54) is 5.56 Å². The van der Waals surface area contributed by atoms with E-state index in [2.05, 4.69) is 55.7 Å². The zero-order chi connectivity index (χ0) is 11.9. The fourth-order valence-corrected chi connectivity index (χ4v) is 2.26. The summed E-state index contributed by atoms with van der Waals surface area (Å²) < 4.78 is 5.82. The molecule has 17 heavy (non-hydrogen) atoms. The van der Waals surface area contributed by atoms with Gasteiger partial charge in [0.05, 0.1) is 0 Å². The Morgan fingerprint density at radius 2 is 1.88 bits per heavy atom. The first-order valence-electron chi connectivity index (χ1n) is 5.73. The molecule has 2 atom stereocenters. The lowest BCUT2D eigenvalue weighted by Gasteiger charge is -2.11. The first-order chi connectivity index (χ1) is 8.28. The highest BCUT2D eigenvalue weighted by Crippen LogP contribution is 2.51. The van der Waals surface area contributed by atoms with Gasteiger partial charge in [0, 0.05) is 0 Å². The number of benzene rings is 1. The largest absolute Gasteiger partial charge is 0.352 e. The van der Waals surface area contributed by atoms with Crippen molar-refractivity contribution in [1.82, 2.24) is 0 Å². The summed E-state index contributed by atoms with van der Waals surface area (Å²) in [5.41, 5.74) is 3.23. The van der Waals surface area contributed by atoms with Crippen LogP contribution in [-0.2, 0) is 10.3 Å². The Morgan fingerprint density at radius 3 is 2.47 bits per heavy atom. The number of rotatable bonds is 3. The van der Waals surface area contributed by atoms with Crippen molar-refractivity contribution in [3.8, 4) is 0 Å². The molecule has 0 aromatic heterocycles. The minimum atomic E-state index is -0.230. The first-order valence-corrected chi connectivity index (χ1v) is 5.73. The van der Waals surface area contributed by atoms with Crippen LogP contribution in [0.25, 0.3) is 6.08 Å². The van der Waals surface area contributed by atoms with Crippen molar-refractivity contribution in [1.29, 1.82) is 0 Å². The molecule has 1 saturated heterocycles. The molecule has 0 saturated carbocycles. The van der Waals surface area contributed by atoms with Crippen molar-refractivity contribution in [3.63, 3.8) is 0 Å². The summed E-state index contributed by atoms with van der Waals surface area (Å²) in [6.07, 6.45) is 10.2. The van der Waals surface area contributed by atoms with Gasteiger partial charge >= 0.3 is 0 Å². The summed E-state index contributed by atoms with van der Waals surface area (Å²) in [5.74, 6) is 0. The Balaban J connectivity index is 1.92. The van der Waals surface area contributed by atoms with Gasteiger partial charge in [-0.15, -0.1) is 0 Å². The molecule has 1 aliphatic heterocycles. The number of allylic oxidation sites excluding steroid dienone is 3. The lowest BCUT2D eigenvalue weighted by molar-refractivity contribution is 0.346. The van der Waals surface area contributed by atoms with Crippen LogP contribution in [0.15, 0.2) is 67.3 Å². The summed E-state index contributed by atoms with van der Waals surface area (Å²) in [4.78, 5) is 0. The van der Waals surface area contributed by atoms with E-state index in [1.807, 2.05) is 12.2 Å². The smallest absolute Gasteiger partial charge is 0.142 e. The van der Waals surface area contributed by atoms with E-state index < -0.39 is 0 Å². The number of epoxide rings is 1. The molecule has 3 rings (SSSR count). The van der Waals surface area contributed by atoms with Crippen LogP contribution in [-0.4, -0.2) is 6.10 Å². The normalized spacial score (nSPS) is 29.2. The Bertz CT molecular complexity index is 533. The average Bonchev–Trinajstić information content (AvgIpc) is 3.13. The highest BCUT2D eigenvalue weighted by molar-refractivity contribution is 5.52. The lowest BCUT2D eigenvalue weighted by atomic mass is 9.89. The summed E-state index contributed by atoms with van der Waals surface area (Å²) in [6, 6.07) is 8.34. The topological polar surface area (TPSA) is 12.5 Å². The number of ether oxygens (including phenoxy) is 1. The minimum Gasteiger partial charge on any atom is -0.352 e. The molecule has 1 aromatic carbocycles. The summed E-state index contributed by atoms with van der Waals surface area (Å²) in [6.45, 7) is 7.53. The van der Waals surface area contributed by atoms with Gasteiger partial charge in [-0.3, -0.25) is 0 Å². The van der Waals surface area contributed by atoms with Crippen LogP contribution in [0.2, 0.25) is 0 Å². The van der Waals surface area contributed by atoms with Crippen LogP contribution in [0.3, 0.4) is 0 Å². The van der Waals surface area contributed by atoms with Gasteiger partial charge in [0.2, 0.25) is 0 Å². The van der Waals surface area contributed by atoms with Crippen molar-refractivity contribution >= 4 is 6.08 Å². The molecule has 0 bridgehead atoms. The zero-order valence-corrected chi connectivity index (χ0v) is 9.60. The van der Waals surface area contributed by atoms with Crippen molar-refractivity contribution in [2.24, 2.45) is 0 Å². The predicted molar refractivity (Wildman–Crippen MR) is 70.5 cm³/mol. The monoisotopic (exact) mass is 222 g/mol. The second-order valence-electron chi connectivity index (χ2n) is 4.36. The molecular weight excluding hydrogens is 208 g/mol. The van der Waals surface area contributed by atoms with Crippen molar-refractivity contribution in [3.05, 3.63) is 78.4 Å². The van der Waals surface area contributed by atoms with E-state index in [0.29, 0.717) is 0 Å². The Labute approximate surface area is 101 Å². The van der Waals surface area contributed by atoms with Crippen LogP contribution in [0.4, 0.5) is 0 Å². The predicted octanol–water partition coefficient (Wildman–Crippen LogP) is 3.61. The van der Waals surface area contributed by atoms with Crippen molar-refractivity contribution in [2.45, 2.75) is 11.7 Å². The van der Waals surface area contributed by atoms with Crippen LogP contribution in [0, 0.1) is 0 Å². The van der Waals surface area contributed by atoms with E-state index in [4.69, 9.17) is 4.74 Å². The van der Waals surface area contributed by atoms with Crippen molar-refractivity contribution < 1.29 is 4.74 Å². The Kier molecular flexibility index (Phi) is 2.17. The Morgan fingerprint density at radius 1 is 1.12 bits per heavy atom. The third kappa shape index (κ3) is 1.51. The SMILES string of the molecule is C=CC1=CC2OC2(c2ccc(C=C)cc2)C=C1. The number of hydrogen-bond donors (Lipinski definition) is 0. The number of fused-ring (bicyclic) bond motifs is 1. The molecule has 0 radical (unpaired) electrons. The van der Waals surface area contributed by atoms with Crippen molar-refractivity contribution in [2.75, 3.05) is 0 Å². The van der Waals surface area contributed by atoms with Gasteiger partial charge < -0.3 is 4.74 Å². The molecular formula is C16H14O. The summed E-state index contributed by atoms with van der Waals surface area (Å²) in [7, 11) is 0. The average molecular weight is 222 g/mol. The van der Waals surface area contributed by atoms with Gasteiger partial charge in [0.15, 0.2) is 0 Å². The Hall–Kier alpha value is -1.86. The zero-order valence-electron chi connectivity index (χ0n) is 9.60. The molecule has 1 aliphatic carbocycles. The fraction of sp³-hybridized carbons (Fsp3) is 0.125. The molecule has 0 N–H and O–H groups in total. The van der Waals surface area contributed by atoms with Crippen LogP contribution >= 0.6 is 0 Å². The summed E-state index contributed by atoms with van der Waals surface area (Å²) in [5, 5.41) is 0. The van der Waals surface area contributed by atoms with E-state index >= 15 is 0 Å². The van der Waals surface area contributed by atoms with Gasteiger partial charge in [0.1, 0.15) is 11.7 Å². The molecule has 1 heterocycles. The molecule has 2 unspecified atom stereocenters. The van der Waals surface area contributed by atoms with E-state index in [1.54, 1.807) is 0 Å². The van der Waals surface area contributed by atoms with Gasteiger partial charge in [-0.05, 0) is 28.9 Å². The van der Waals surface area contributed by atoms with Crippen LogP contribution < -0.4 is 0 Å². The van der Waals surface area contributed by atoms with Gasteiger partial charge in [0.25, 0.3) is 0 Å². The van der Waals surface area contributed by atoms with Crippen LogP contribution in [0.5, 0.6) is 0 Å². The third-order valence-electron chi connectivity index (χ3n) is 3.39. The molecule has 1 aromatic rings. The van der Waals surface area contributed by atoms with E-state index in [-0.39, 0.29) is 11.7 Å². The maximum Gasteiger partial charge on any atom is 0.142 e. The quantitative estimate of drug-likeness (QED) is 0.712. The molecule has 1 heteroatoms. The first kappa shape index (κ1) is 10.3. The fourth-order valence-electron chi connectivity index (χ4n) is 2.26. The lowest BCUT2D eigenvalue weighted by Crippen LogP contribution is -2.11. The molecule has 2 aliphatic rings. The van der Waals surface area contributed by atoms with Crippen LogP contribution in [0.1, 0.15) is 11.1 Å². The minimum absolute atomic E-state index is 0.162. The summed E-state index contributed by atoms with van der Waals surface area (Å²) >= 11 is 0. The van der Waals surface area contributed by atoms with Gasteiger partial charge in [-0.1, -0.05) is 55.7 Å².